The van der Waals surface area contributed by atoms with E-state index in [2.05, 4.69) is 67.7 Å². The average molecular weight is 473 g/mol. The van der Waals surface area contributed by atoms with Crippen LogP contribution in [0.25, 0.3) is 0 Å². The van der Waals surface area contributed by atoms with Crippen LogP contribution >= 0.6 is 0 Å². The lowest BCUT2D eigenvalue weighted by atomic mass is 10.1. The summed E-state index contributed by atoms with van der Waals surface area (Å²) in [7, 11) is 0. The maximum absolute atomic E-state index is 11.8. The molecule has 0 rings (SSSR count). The van der Waals surface area contributed by atoms with Gasteiger partial charge in [0, 0.05) is 25.7 Å². The number of carbonyl (C=O) groups is 3. The Labute approximate surface area is 206 Å². The van der Waals surface area contributed by atoms with Crippen molar-refractivity contribution in [1.82, 2.24) is 0 Å². The molecule has 1 unspecified atom stereocenters. The molecule has 1 atom stereocenters. The Morgan fingerprint density at radius 1 is 0.618 bits per heavy atom. The number of hydrogen-bond donors (Lipinski definition) is 0. The van der Waals surface area contributed by atoms with Crippen molar-refractivity contribution in [3.05, 3.63) is 60.8 Å². The maximum Gasteiger partial charge on any atom is 0.309 e. The Bertz CT molecular complexity index is 710. The largest absolute Gasteiger partial charge is 0.425 e. The molecule has 0 saturated heterocycles. The summed E-state index contributed by atoms with van der Waals surface area (Å²) in [5.74, 6) is -1.03. The highest BCUT2D eigenvalue weighted by Crippen LogP contribution is 2.07. The van der Waals surface area contributed by atoms with Gasteiger partial charge >= 0.3 is 11.9 Å². The van der Waals surface area contributed by atoms with Crippen molar-refractivity contribution in [3.8, 4) is 0 Å². The van der Waals surface area contributed by atoms with E-state index in [0.717, 1.165) is 38.5 Å². The summed E-state index contributed by atoms with van der Waals surface area (Å²) in [5.41, 5.74) is 0. The normalized spacial score (nSPS) is 13.2. The first-order valence-corrected chi connectivity index (χ1v) is 12.5. The molecule has 5 heteroatoms. The minimum absolute atomic E-state index is 0.00295. The molecule has 0 aromatic rings. The Hall–Kier alpha value is -2.69. The van der Waals surface area contributed by atoms with E-state index in [1.165, 1.54) is 6.92 Å². The third-order valence-electron chi connectivity index (χ3n) is 4.72. The summed E-state index contributed by atoms with van der Waals surface area (Å²) in [6.45, 7) is 7.22. The number of allylic oxidation sites excluding steroid dienone is 10. The van der Waals surface area contributed by atoms with E-state index >= 15 is 0 Å². The van der Waals surface area contributed by atoms with Crippen molar-refractivity contribution in [1.29, 1.82) is 0 Å². The van der Waals surface area contributed by atoms with Crippen LogP contribution in [0.5, 0.6) is 0 Å². The predicted molar refractivity (Wildman–Crippen MR) is 139 cm³/mol. The lowest BCUT2D eigenvalue weighted by Crippen LogP contribution is -2.22. The van der Waals surface area contributed by atoms with Crippen molar-refractivity contribution in [2.24, 2.45) is 5.92 Å². The number of rotatable bonds is 19. The molecule has 0 fully saturated rings. The van der Waals surface area contributed by atoms with Crippen LogP contribution in [-0.2, 0) is 23.9 Å². The van der Waals surface area contributed by atoms with Crippen molar-refractivity contribution in [3.63, 3.8) is 0 Å². The molecule has 0 bridgehead atoms. The summed E-state index contributed by atoms with van der Waals surface area (Å²) in [6.07, 6.45) is 27.3. The Kier molecular flexibility index (Phi) is 20.4. The number of ketones is 1. The Balaban J connectivity index is 3.76. The van der Waals surface area contributed by atoms with Gasteiger partial charge in [-0.15, -0.1) is 0 Å². The molecular formula is C29H44O5. The fourth-order valence-corrected chi connectivity index (χ4v) is 2.76. The van der Waals surface area contributed by atoms with Gasteiger partial charge in [0.15, 0.2) is 0 Å². The molecule has 0 saturated carbocycles. The van der Waals surface area contributed by atoms with Gasteiger partial charge in [0.1, 0.15) is 5.78 Å². The molecule has 0 aliphatic rings. The number of unbranched alkanes of at least 4 members (excludes halogenated alkanes) is 1. The predicted octanol–water partition coefficient (Wildman–Crippen LogP) is 7.35. The van der Waals surface area contributed by atoms with Gasteiger partial charge in [-0.3, -0.25) is 14.4 Å². The van der Waals surface area contributed by atoms with Gasteiger partial charge in [0.2, 0.25) is 6.29 Å². The van der Waals surface area contributed by atoms with E-state index in [-0.39, 0.29) is 31.0 Å². The minimum Gasteiger partial charge on any atom is -0.425 e. The van der Waals surface area contributed by atoms with Crippen LogP contribution in [0.1, 0.15) is 91.9 Å². The number of ether oxygens (including phenoxy) is 2. The Morgan fingerprint density at radius 3 is 1.53 bits per heavy atom. The number of carbonyl (C=O) groups excluding carboxylic acids is 3. The molecule has 0 aromatic heterocycles. The zero-order valence-electron chi connectivity index (χ0n) is 21.5. The topological polar surface area (TPSA) is 69.7 Å². The fourth-order valence-electron chi connectivity index (χ4n) is 2.76. The first-order valence-electron chi connectivity index (χ1n) is 12.5. The quantitative estimate of drug-likeness (QED) is 0.0851. The highest BCUT2D eigenvalue weighted by atomic mass is 16.7. The summed E-state index contributed by atoms with van der Waals surface area (Å²) in [5, 5.41) is 0. The molecule has 0 amide bonds. The standard InChI is InChI=1S/C29H44O5/c1-5-6-7-8-9-10-11-12-13-14-15-16-17-18-19-20-21-22-28(31)33-26(4)34-29(32)24-23-27(30)25(2)3/h6-7,9-10,12-13,15-16,18-19,25-26H,5,8,11,14,17,20-24H2,1-4H3/b7-6-,10-9-,13-12-,16-15-,19-18-. The van der Waals surface area contributed by atoms with Crippen molar-refractivity contribution >= 4 is 17.7 Å². The van der Waals surface area contributed by atoms with Crippen LogP contribution in [0.4, 0.5) is 0 Å². The van der Waals surface area contributed by atoms with Gasteiger partial charge in [-0.05, 0) is 44.9 Å². The third-order valence-corrected chi connectivity index (χ3v) is 4.72. The molecule has 0 aromatic carbocycles. The average Bonchev–Trinajstić information content (AvgIpc) is 2.79. The van der Waals surface area contributed by atoms with E-state index in [1.807, 2.05) is 0 Å². The van der Waals surface area contributed by atoms with E-state index < -0.39 is 18.2 Å². The third kappa shape index (κ3) is 21.2. The van der Waals surface area contributed by atoms with Crippen LogP contribution < -0.4 is 0 Å². The van der Waals surface area contributed by atoms with Gasteiger partial charge in [-0.25, -0.2) is 0 Å². The molecule has 190 valence electrons. The van der Waals surface area contributed by atoms with Gasteiger partial charge in [0.25, 0.3) is 0 Å². The van der Waals surface area contributed by atoms with E-state index in [1.54, 1.807) is 13.8 Å². The van der Waals surface area contributed by atoms with Crippen LogP contribution in [0, 0.1) is 5.92 Å². The zero-order chi connectivity index (χ0) is 25.4. The molecule has 34 heavy (non-hydrogen) atoms. The van der Waals surface area contributed by atoms with Crippen molar-refractivity contribution in [2.45, 2.75) is 98.2 Å². The number of esters is 2. The van der Waals surface area contributed by atoms with Crippen molar-refractivity contribution in [2.75, 3.05) is 0 Å². The first kappa shape index (κ1) is 31.3. The summed E-state index contributed by atoms with van der Waals surface area (Å²) < 4.78 is 10.1. The smallest absolute Gasteiger partial charge is 0.309 e. The molecule has 0 aliphatic heterocycles. The second kappa shape index (κ2) is 22.1. The second-order valence-electron chi connectivity index (χ2n) is 8.27. The maximum atomic E-state index is 11.8. The van der Waals surface area contributed by atoms with Crippen LogP contribution in [0.2, 0.25) is 0 Å². The number of hydrogen-bond acceptors (Lipinski definition) is 5. The highest BCUT2D eigenvalue weighted by molar-refractivity contribution is 5.84. The SMILES string of the molecule is CC/C=C\C/C=C\C/C=C\C/C=C\C/C=C\CCCC(=O)OC(C)OC(=O)CCC(=O)C(C)C. The van der Waals surface area contributed by atoms with Gasteiger partial charge in [0.05, 0.1) is 6.42 Å². The lowest BCUT2D eigenvalue weighted by molar-refractivity contribution is -0.184. The molecule has 0 spiro atoms. The monoisotopic (exact) mass is 472 g/mol. The summed E-state index contributed by atoms with van der Waals surface area (Å²) in [6, 6.07) is 0. The van der Waals surface area contributed by atoms with Gasteiger partial charge < -0.3 is 9.47 Å². The van der Waals surface area contributed by atoms with Gasteiger partial charge in [-0.2, -0.15) is 0 Å². The Morgan fingerprint density at radius 2 is 1.06 bits per heavy atom. The molecule has 0 heterocycles. The van der Waals surface area contributed by atoms with Crippen molar-refractivity contribution < 1.29 is 23.9 Å². The molecule has 0 N–H and O–H groups in total. The minimum atomic E-state index is -0.942. The molecule has 5 nitrogen and oxygen atoms in total. The van der Waals surface area contributed by atoms with E-state index in [0.29, 0.717) is 6.42 Å². The molecule has 0 aliphatic carbocycles. The van der Waals surface area contributed by atoms with E-state index in [4.69, 9.17) is 9.47 Å². The lowest BCUT2D eigenvalue weighted by Gasteiger charge is -2.14. The zero-order valence-corrected chi connectivity index (χ0v) is 21.5. The van der Waals surface area contributed by atoms with Crippen LogP contribution in [0.15, 0.2) is 60.8 Å². The summed E-state index contributed by atoms with van der Waals surface area (Å²) >= 11 is 0. The molecule has 0 radical (unpaired) electrons. The second-order valence-corrected chi connectivity index (χ2v) is 8.27. The number of Topliss-reactive ketones (excluding diaryl/α,β-unsaturated/α-hetero) is 1. The van der Waals surface area contributed by atoms with Gasteiger partial charge in [-0.1, -0.05) is 81.5 Å². The first-order chi connectivity index (χ1) is 16.4. The van der Waals surface area contributed by atoms with Crippen LogP contribution in [0.3, 0.4) is 0 Å². The van der Waals surface area contributed by atoms with E-state index in [9.17, 15) is 14.4 Å². The summed E-state index contributed by atoms with van der Waals surface area (Å²) in [4.78, 5) is 35.1. The fraction of sp³-hybridized carbons (Fsp3) is 0.552. The highest BCUT2D eigenvalue weighted by Gasteiger charge is 2.16. The van der Waals surface area contributed by atoms with Crippen LogP contribution in [-0.4, -0.2) is 24.0 Å². The molecular weight excluding hydrogens is 428 g/mol.